The minimum Gasteiger partial charge on any atom is -0.465 e. The summed E-state index contributed by atoms with van der Waals surface area (Å²) in [6.07, 6.45) is 0.113. The normalized spacial score (nSPS) is 15.4. The first kappa shape index (κ1) is 11.9. The smallest absolute Gasteiger partial charge is 0.340 e. The predicted octanol–water partition coefficient (Wildman–Crippen LogP) is 0.971. The summed E-state index contributed by atoms with van der Waals surface area (Å²) in [5.41, 5.74) is 7.30. The second kappa shape index (κ2) is 5.16. The number of hydrogen-bond donors (Lipinski definition) is 1. The molecule has 5 nitrogen and oxygen atoms in total. The first-order chi connectivity index (χ1) is 8.22. The first-order valence-corrected chi connectivity index (χ1v) is 5.37. The van der Waals surface area contributed by atoms with Crippen molar-refractivity contribution in [3.8, 4) is 0 Å². The van der Waals surface area contributed by atoms with E-state index in [-0.39, 0.29) is 6.10 Å². The summed E-state index contributed by atoms with van der Waals surface area (Å²) in [6, 6.07) is 5.27. The highest BCUT2D eigenvalue weighted by molar-refractivity contribution is 5.96. The Morgan fingerprint density at radius 1 is 1.53 bits per heavy atom. The second-order valence-corrected chi connectivity index (χ2v) is 3.84. The van der Waals surface area contributed by atoms with E-state index in [9.17, 15) is 4.79 Å². The zero-order chi connectivity index (χ0) is 12.3. The lowest BCUT2D eigenvalue weighted by atomic mass is 10.1. The number of carbonyl (C=O) groups is 1. The Hall–Kier alpha value is -1.59. The van der Waals surface area contributed by atoms with E-state index in [1.165, 1.54) is 7.11 Å². The highest BCUT2D eigenvalue weighted by Gasteiger charge is 2.21. The maximum Gasteiger partial charge on any atom is 0.340 e. The number of nitrogen functional groups attached to an aromatic ring is 1. The van der Waals surface area contributed by atoms with Crippen LogP contribution in [0.2, 0.25) is 0 Å². The molecule has 0 saturated carbocycles. The fraction of sp³-hybridized carbons (Fsp3) is 0.417. The highest BCUT2D eigenvalue weighted by Crippen LogP contribution is 2.20. The fourth-order valence-electron chi connectivity index (χ4n) is 1.61. The van der Waals surface area contributed by atoms with E-state index in [2.05, 4.69) is 0 Å². The van der Waals surface area contributed by atoms with Crippen molar-refractivity contribution in [2.24, 2.45) is 0 Å². The van der Waals surface area contributed by atoms with Gasteiger partial charge in [-0.1, -0.05) is 12.1 Å². The molecule has 5 heteroatoms. The van der Waals surface area contributed by atoms with E-state index in [0.29, 0.717) is 31.1 Å². The molecule has 0 spiro atoms. The van der Waals surface area contributed by atoms with Crippen molar-refractivity contribution >= 4 is 11.7 Å². The molecule has 0 aromatic heterocycles. The average molecular weight is 237 g/mol. The molecular formula is C12H15NO4. The van der Waals surface area contributed by atoms with Gasteiger partial charge in [-0.2, -0.15) is 0 Å². The van der Waals surface area contributed by atoms with Gasteiger partial charge in [0.25, 0.3) is 0 Å². The lowest BCUT2D eigenvalue weighted by Gasteiger charge is -2.26. The van der Waals surface area contributed by atoms with Gasteiger partial charge in [-0.15, -0.1) is 0 Å². The zero-order valence-electron chi connectivity index (χ0n) is 9.64. The van der Waals surface area contributed by atoms with Crippen LogP contribution in [0.3, 0.4) is 0 Å². The van der Waals surface area contributed by atoms with Gasteiger partial charge in [0.2, 0.25) is 0 Å². The monoisotopic (exact) mass is 237 g/mol. The maximum absolute atomic E-state index is 11.6. The van der Waals surface area contributed by atoms with E-state index in [0.717, 1.165) is 5.56 Å². The predicted molar refractivity (Wildman–Crippen MR) is 61.6 cm³/mol. The van der Waals surface area contributed by atoms with Crippen LogP contribution in [0.15, 0.2) is 18.2 Å². The van der Waals surface area contributed by atoms with Crippen molar-refractivity contribution < 1.29 is 19.0 Å². The Kier molecular flexibility index (Phi) is 3.61. The quantitative estimate of drug-likeness (QED) is 0.624. The molecule has 1 aliphatic heterocycles. The molecule has 1 saturated heterocycles. The summed E-state index contributed by atoms with van der Waals surface area (Å²) in [7, 11) is 1.33. The molecule has 0 bridgehead atoms. The van der Waals surface area contributed by atoms with E-state index in [1.54, 1.807) is 12.1 Å². The Morgan fingerprint density at radius 2 is 2.29 bits per heavy atom. The van der Waals surface area contributed by atoms with Crippen molar-refractivity contribution in [3.05, 3.63) is 29.3 Å². The van der Waals surface area contributed by atoms with E-state index in [4.69, 9.17) is 19.9 Å². The van der Waals surface area contributed by atoms with Crippen LogP contribution >= 0.6 is 0 Å². The van der Waals surface area contributed by atoms with Crippen molar-refractivity contribution in [3.63, 3.8) is 0 Å². The molecular weight excluding hydrogens is 222 g/mol. The molecule has 0 radical (unpaired) electrons. The Labute approximate surface area is 99.5 Å². The standard InChI is InChI=1S/C12H15NO4/c1-15-12(14)11-8(3-2-4-10(11)13)5-17-9-6-16-7-9/h2-4,9H,5-7,13H2,1H3. The number of ether oxygens (including phenoxy) is 3. The van der Waals surface area contributed by atoms with Gasteiger partial charge in [-0.3, -0.25) is 0 Å². The maximum atomic E-state index is 11.6. The number of benzene rings is 1. The fourth-order valence-corrected chi connectivity index (χ4v) is 1.61. The summed E-state index contributed by atoms with van der Waals surface area (Å²) < 4.78 is 15.3. The molecule has 0 aliphatic carbocycles. The number of methoxy groups -OCH3 is 1. The van der Waals surface area contributed by atoms with Crippen LogP contribution in [0.25, 0.3) is 0 Å². The molecule has 1 heterocycles. The molecule has 1 fully saturated rings. The number of rotatable bonds is 4. The van der Waals surface area contributed by atoms with E-state index in [1.807, 2.05) is 6.07 Å². The topological polar surface area (TPSA) is 70.8 Å². The van der Waals surface area contributed by atoms with Crippen LogP contribution in [0.5, 0.6) is 0 Å². The van der Waals surface area contributed by atoms with E-state index < -0.39 is 5.97 Å². The summed E-state index contributed by atoms with van der Waals surface area (Å²) in [6.45, 7) is 1.55. The lowest BCUT2D eigenvalue weighted by molar-refractivity contribution is -0.135. The number of carbonyl (C=O) groups excluding carboxylic acids is 1. The average Bonchev–Trinajstić information content (AvgIpc) is 2.26. The van der Waals surface area contributed by atoms with Crippen LogP contribution in [0, 0.1) is 0 Å². The van der Waals surface area contributed by atoms with Gasteiger partial charge in [-0.05, 0) is 11.6 Å². The van der Waals surface area contributed by atoms with Crippen LogP contribution in [0.1, 0.15) is 15.9 Å². The van der Waals surface area contributed by atoms with Crippen molar-refractivity contribution in [1.82, 2.24) is 0 Å². The largest absolute Gasteiger partial charge is 0.465 e. The van der Waals surface area contributed by atoms with Crippen LogP contribution in [0.4, 0.5) is 5.69 Å². The molecule has 17 heavy (non-hydrogen) atoms. The second-order valence-electron chi connectivity index (χ2n) is 3.84. The highest BCUT2D eigenvalue weighted by atomic mass is 16.6. The number of esters is 1. The van der Waals surface area contributed by atoms with Crippen LogP contribution < -0.4 is 5.73 Å². The molecule has 0 atom stereocenters. The summed E-state index contributed by atoms with van der Waals surface area (Å²) >= 11 is 0. The lowest BCUT2D eigenvalue weighted by Crippen LogP contribution is -2.36. The molecule has 92 valence electrons. The van der Waals surface area contributed by atoms with Crippen LogP contribution in [-0.2, 0) is 20.8 Å². The Morgan fingerprint density at radius 3 is 2.88 bits per heavy atom. The first-order valence-electron chi connectivity index (χ1n) is 5.37. The van der Waals surface area contributed by atoms with Crippen molar-refractivity contribution in [2.45, 2.75) is 12.7 Å². The summed E-state index contributed by atoms with van der Waals surface area (Å²) in [5, 5.41) is 0. The molecule has 0 unspecified atom stereocenters. The van der Waals surface area contributed by atoms with Gasteiger partial charge in [0.1, 0.15) is 6.10 Å². The molecule has 1 aliphatic rings. The van der Waals surface area contributed by atoms with Gasteiger partial charge in [0.15, 0.2) is 0 Å². The van der Waals surface area contributed by atoms with Gasteiger partial charge in [0, 0.05) is 5.69 Å². The SMILES string of the molecule is COC(=O)c1c(N)cccc1COC1COC1. The van der Waals surface area contributed by atoms with Crippen molar-refractivity contribution in [2.75, 3.05) is 26.1 Å². The minimum absolute atomic E-state index is 0.113. The third-order valence-corrected chi connectivity index (χ3v) is 2.65. The molecule has 2 N–H and O–H groups in total. The molecule has 1 aromatic rings. The number of nitrogens with two attached hydrogens (primary N) is 1. The summed E-state index contributed by atoms with van der Waals surface area (Å²) in [5.74, 6) is -0.438. The zero-order valence-corrected chi connectivity index (χ0v) is 9.64. The van der Waals surface area contributed by atoms with Crippen LogP contribution in [-0.4, -0.2) is 32.4 Å². The third kappa shape index (κ3) is 2.57. The third-order valence-electron chi connectivity index (χ3n) is 2.65. The minimum atomic E-state index is -0.438. The Balaban J connectivity index is 2.13. The van der Waals surface area contributed by atoms with Gasteiger partial charge in [0.05, 0.1) is 32.5 Å². The van der Waals surface area contributed by atoms with Gasteiger partial charge >= 0.3 is 5.97 Å². The molecule has 1 aromatic carbocycles. The van der Waals surface area contributed by atoms with E-state index >= 15 is 0 Å². The summed E-state index contributed by atoms with van der Waals surface area (Å²) in [4.78, 5) is 11.6. The molecule has 0 amide bonds. The van der Waals surface area contributed by atoms with Crippen molar-refractivity contribution in [1.29, 1.82) is 0 Å². The van der Waals surface area contributed by atoms with Gasteiger partial charge in [-0.25, -0.2) is 4.79 Å². The Bertz CT molecular complexity index is 415. The van der Waals surface area contributed by atoms with Gasteiger partial charge < -0.3 is 19.9 Å². The number of hydrogen-bond acceptors (Lipinski definition) is 5. The number of anilines is 1. The molecule has 2 rings (SSSR count).